The van der Waals surface area contributed by atoms with Gasteiger partial charge in [-0.1, -0.05) is 49.6 Å². The third kappa shape index (κ3) is 6.03. The summed E-state index contributed by atoms with van der Waals surface area (Å²) < 4.78 is 22.9. The second-order valence-corrected chi connectivity index (χ2v) is 8.33. The van der Waals surface area contributed by atoms with Crippen molar-refractivity contribution in [2.45, 2.75) is 52.1 Å². The second-order valence-electron chi connectivity index (χ2n) is 7.04. The number of hydrogen-bond donors (Lipinski definition) is 0. The third-order valence-electron chi connectivity index (χ3n) is 4.79. The minimum atomic E-state index is -4.47. The van der Waals surface area contributed by atoms with Crippen LogP contribution in [0.25, 0.3) is 0 Å². The molecule has 0 bridgehead atoms. The summed E-state index contributed by atoms with van der Waals surface area (Å²) in [6, 6.07) is 12.3. The second kappa shape index (κ2) is 10.2. The molecule has 1 aliphatic rings. The van der Waals surface area contributed by atoms with E-state index in [0.29, 0.717) is 22.3 Å². The maximum absolute atomic E-state index is 12.6. The van der Waals surface area contributed by atoms with E-state index in [1.807, 2.05) is 6.07 Å². The molecule has 0 amide bonds. The minimum Gasteiger partial charge on any atom is -0.746 e. The number of phosphoric acid groups is 1. The molecule has 0 heterocycles. The van der Waals surface area contributed by atoms with Crippen molar-refractivity contribution in [2.75, 3.05) is 0 Å². The van der Waals surface area contributed by atoms with Crippen molar-refractivity contribution in [3.8, 4) is 5.75 Å². The van der Waals surface area contributed by atoms with E-state index < -0.39 is 7.82 Å². The summed E-state index contributed by atoms with van der Waals surface area (Å²) in [5, 5.41) is 0. The van der Waals surface area contributed by atoms with Gasteiger partial charge in [0.25, 0.3) is 0 Å². The van der Waals surface area contributed by atoms with E-state index in [9.17, 15) is 14.3 Å². The van der Waals surface area contributed by atoms with Crippen LogP contribution in [0, 0.1) is 13.8 Å². The maximum Gasteiger partial charge on any atom is 1.00 e. The zero-order valence-electron chi connectivity index (χ0n) is 16.6. The van der Waals surface area contributed by atoms with Crippen LogP contribution in [-0.4, -0.2) is 11.9 Å². The Kier molecular flexibility index (Phi) is 8.50. The molecule has 1 saturated carbocycles. The van der Waals surface area contributed by atoms with Crippen molar-refractivity contribution < 1.29 is 52.9 Å². The maximum atomic E-state index is 12.6. The Bertz CT molecular complexity index is 839. The molecular formula is C21H24NaO5P. The van der Waals surface area contributed by atoms with Gasteiger partial charge in [-0.2, -0.15) is 0 Å². The zero-order valence-corrected chi connectivity index (χ0v) is 19.5. The van der Waals surface area contributed by atoms with Gasteiger partial charge in [-0.15, -0.1) is 0 Å². The van der Waals surface area contributed by atoms with E-state index in [-0.39, 0.29) is 47.2 Å². The number of rotatable bonds is 6. The number of carbonyl (C=O) groups excluding carboxylic acids is 1. The fraction of sp³-hybridized carbons (Fsp3) is 0.381. The number of phosphoric ester groups is 1. The number of aryl methyl sites for hydroxylation is 2. The summed E-state index contributed by atoms with van der Waals surface area (Å²) in [5.41, 5.74) is 2.24. The molecule has 1 fully saturated rings. The summed E-state index contributed by atoms with van der Waals surface area (Å²) >= 11 is 0. The molecule has 0 spiro atoms. The van der Waals surface area contributed by atoms with Crippen LogP contribution in [0.2, 0.25) is 0 Å². The SMILES string of the molecule is Cc1cc(C(=O)c2ccccc2)cc(C)c1OP(=O)([O-])OC1CCCCC1.[Na+]. The van der Waals surface area contributed by atoms with Crippen LogP contribution in [0.3, 0.4) is 0 Å². The Morgan fingerprint density at radius 3 is 2.14 bits per heavy atom. The van der Waals surface area contributed by atoms with Crippen molar-refractivity contribution in [3.05, 3.63) is 64.7 Å². The average Bonchev–Trinajstić information content (AvgIpc) is 2.65. The first-order valence-electron chi connectivity index (χ1n) is 9.26. The van der Waals surface area contributed by atoms with Crippen LogP contribution < -0.4 is 39.0 Å². The van der Waals surface area contributed by atoms with Gasteiger partial charge in [-0.25, -0.2) is 0 Å². The molecule has 1 unspecified atom stereocenters. The summed E-state index contributed by atoms with van der Waals surface area (Å²) in [7, 11) is -4.47. The first kappa shape index (κ1) is 23.3. The van der Waals surface area contributed by atoms with E-state index in [0.717, 1.165) is 32.1 Å². The van der Waals surface area contributed by atoms with Gasteiger partial charge >= 0.3 is 37.4 Å². The number of hydrogen-bond acceptors (Lipinski definition) is 5. The van der Waals surface area contributed by atoms with Gasteiger partial charge in [-0.3, -0.25) is 9.36 Å². The topological polar surface area (TPSA) is 75.7 Å². The number of benzene rings is 2. The van der Waals surface area contributed by atoms with Crippen molar-refractivity contribution in [3.63, 3.8) is 0 Å². The smallest absolute Gasteiger partial charge is 0.746 e. The monoisotopic (exact) mass is 410 g/mol. The van der Waals surface area contributed by atoms with Crippen molar-refractivity contribution in [1.29, 1.82) is 0 Å². The Hall–Kier alpha value is -0.940. The van der Waals surface area contributed by atoms with Gasteiger partial charge in [0.1, 0.15) is 5.75 Å². The van der Waals surface area contributed by atoms with Crippen LogP contribution in [0.1, 0.15) is 59.2 Å². The molecule has 3 rings (SSSR count). The molecule has 1 aliphatic carbocycles. The van der Waals surface area contributed by atoms with Crippen LogP contribution in [0.15, 0.2) is 42.5 Å². The molecule has 5 nitrogen and oxygen atoms in total. The van der Waals surface area contributed by atoms with Gasteiger partial charge in [0, 0.05) is 11.1 Å². The van der Waals surface area contributed by atoms with Crippen LogP contribution in [0.5, 0.6) is 5.75 Å². The molecule has 0 aromatic heterocycles. The summed E-state index contributed by atoms with van der Waals surface area (Å²) in [5.74, 6) is 0.117. The van der Waals surface area contributed by atoms with Gasteiger partial charge in [0.05, 0.1) is 6.10 Å². The first-order valence-corrected chi connectivity index (χ1v) is 10.7. The number of ketones is 1. The van der Waals surface area contributed by atoms with Gasteiger partial charge in [0.2, 0.25) is 0 Å². The molecule has 0 saturated heterocycles. The third-order valence-corrected chi connectivity index (χ3v) is 5.75. The standard InChI is InChI=1S/C21H25O5P.Na/c1-15-13-18(20(22)17-9-5-3-6-10-17)14-16(2)21(15)26-27(23,24)25-19-11-7-4-8-12-19;/h3,5-6,9-10,13-14,19H,4,7-8,11-12H2,1-2H3,(H,23,24);/q;+1/p-1. The number of carbonyl (C=O) groups is 1. The molecular weight excluding hydrogens is 386 g/mol. The minimum absolute atomic E-state index is 0. The molecule has 0 radical (unpaired) electrons. The van der Waals surface area contributed by atoms with E-state index >= 15 is 0 Å². The summed E-state index contributed by atoms with van der Waals surface area (Å²) in [6.07, 6.45) is 4.22. The summed E-state index contributed by atoms with van der Waals surface area (Å²) in [4.78, 5) is 25.0. The van der Waals surface area contributed by atoms with E-state index in [1.54, 1.807) is 50.2 Å². The molecule has 2 aromatic carbocycles. The van der Waals surface area contributed by atoms with Crippen LogP contribution in [0.4, 0.5) is 0 Å². The summed E-state index contributed by atoms with van der Waals surface area (Å²) in [6.45, 7) is 3.45. The normalized spacial score (nSPS) is 16.7. The Labute approximate surface area is 188 Å². The van der Waals surface area contributed by atoms with Gasteiger partial charge in [-0.05, 0) is 49.9 Å². The van der Waals surface area contributed by atoms with Crippen molar-refractivity contribution in [2.24, 2.45) is 0 Å². The van der Waals surface area contributed by atoms with E-state index in [1.165, 1.54) is 0 Å². The molecule has 28 heavy (non-hydrogen) atoms. The molecule has 2 aromatic rings. The Balaban J connectivity index is 0.00000280. The fourth-order valence-corrected chi connectivity index (χ4v) is 4.60. The predicted molar refractivity (Wildman–Crippen MR) is 102 cm³/mol. The molecule has 0 aliphatic heterocycles. The van der Waals surface area contributed by atoms with Gasteiger partial charge in [0.15, 0.2) is 5.78 Å². The largest absolute Gasteiger partial charge is 1.00 e. The molecule has 1 atom stereocenters. The van der Waals surface area contributed by atoms with Crippen molar-refractivity contribution in [1.82, 2.24) is 0 Å². The first-order chi connectivity index (χ1) is 12.9. The predicted octanol–water partition coefficient (Wildman–Crippen LogP) is 1.73. The van der Waals surface area contributed by atoms with E-state index in [2.05, 4.69) is 0 Å². The van der Waals surface area contributed by atoms with E-state index in [4.69, 9.17) is 9.05 Å². The average molecular weight is 410 g/mol. The zero-order chi connectivity index (χ0) is 19.4. The molecule has 144 valence electrons. The van der Waals surface area contributed by atoms with Gasteiger partial charge < -0.3 is 13.9 Å². The Morgan fingerprint density at radius 2 is 1.57 bits per heavy atom. The fourth-order valence-electron chi connectivity index (χ4n) is 3.47. The molecule has 7 heteroatoms. The quantitative estimate of drug-likeness (QED) is 0.412. The van der Waals surface area contributed by atoms with Crippen LogP contribution in [-0.2, 0) is 9.09 Å². The molecule has 0 N–H and O–H groups in total. The van der Waals surface area contributed by atoms with Crippen LogP contribution >= 0.6 is 7.82 Å². The van der Waals surface area contributed by atoms with Crippen molar-refractivity contribution >= 4 is 13.6 Å². The Morgan fingerprint density at radius 1 is 1.00 bits per heavy atom.